The van der Waals surface area contributed by atoms with Crippen LogP contribution in [0.4, 0.5) is 0 Å². The first-order valence-corrected chi connectivity index (χ1v) is 5.70. The van der Waals surface area contributed by atoms with Crippen LogP contribution in [0.25, 0.3) is 11.5 Å². The maximum Gasteiger partial charge on any atom is 0.360 e. The van der Waals surface area contributed by atoms with Crippen LogP contribution in [0.5, 0.6) is 0 Å². The molecule has 0 fully saturated rings. The Balaban J connectivity index is 2.32. The Labute approximate surface area is 104 Å². The number of aromatic nitrogens is 3. The highest BCUT2D eigenvalue weighted by Gasteiger charge is 2.17. The number of rotatable bonds is 4. The third-order valence-electron chi connectivity index (χ3n) is 2.34. The van der Waals surface area contributed by atoms with E-state index in [0.717, 1.165) is 12.1 Å². The summed E-state index contributed by atoms with van der Waals surface area (Å²) in [5, 5.41) is 3.67. The first-order chi connectivity index (χ1) is 8.76. The van der Waals surface area contributed by atoms with Gasteiger partial charge in [0.15, 0.2) is 11.5 Å². The van der Waals surface area contributed by atoms with Crippen molar-refractivity contribution >= 4 is 5.97 Å². The van der Waals surface area contributed by atoms with Gasteiger partial charge in [0.25, 0.3) is 0 Å². The first kappa shape index (κ1) is 12.2. The number of carbonyl (C=O) groups is 1. The maximum absolute atomic E-state index is 11.5. The molecule has 0 aromatic carbocycles. The number of hydrogen-bond acceptors (Lipinski definition) is 6. The third kappa shape index (κ3) is 2.37. The SMILES string of the molecule is CCOC(=O)c1cc(-c2nccnc2CC)on1. The van der Waals surface area contributed by atoms with Gasteiger partial charge in [0.1, 0.15) is 5.69 Å². The molecule has 2 rings (SSSR count). The monoisotopic (exact) mass is 247 g/mol. The summed E-state index contributed by atoms with van der Waals surface area (Å²) < 4.78 is 9.94. The molecule has 0 aliphatic carbocycles. The zero-order chi connectivity index (χ0) is 13.0. The van der Waals surface area contributed by atoms with Crippen molar-refractivity contribution in [3.05, 3.63) is 29.8 Å². The Hall–Kier alpha value is -2.24. The number of ether oxygens (including phenoxy) is 1. The van der Waals surface area contributed by atoms with Gasteiger partial charge in [-0.3, -0.25) is 4.98 Å². The van der Waals surface area contributed by atoms with Crippen molar-refractivity contribution in [1.29, 1.82) is 0 Å². The fourth-order valence-electron chi connectivity index (χ4n) is 1.52. The zero-order valence-electron chi connectivity index (χ0n) is 10.2. The van der Waals surface area contributed by atoms with Gasteiger partial charge in [0.05, 0.1) is 12.3 Å². The Bertz CT molecular complexity index is 551. The minimum absolute atomic E-state index is 0.138. The fraction of sp³-hybridized carbons (Fsp3) is 0.333. The second-order valence-electron chi connectivity index (χ2n) is 3.50. The summed E-state index contributed by atoms with van der Waals surface area (Å²) in [7, 11) is 0. The summed E-state index contributed by atoms with van der Waals surface area (Å²) in [5.74, 6) is -0.0857. The lowest BCUT2D eigenvalue weighted by Crippen LogP contribution is -2.04. The lowest BCUT2D eigenvalue weighted by atomic mass is 10.2. The van der Waals surface area contributed by atoms with E-state index in [2.05, 4.69) is 15.1 Å². The van der Waals surface area contributed by atoms with Gasteiger partial charge in [0, 0.05) is 18.5 Å². The van der Waals surface area contributed by atoms with E-state index >= 15 is 0 Å². The molecule has 0 bridgehead atoms. The van der Waals surface area contributed by atoms with Crippen molar-refractivity contribution in [3.63, 3.8) is 0 Å². The Morgan fingerprint density at radius 3 is 2.83 bits per heavy atom. The molecule has 0 N–H and O–H groups in total. The molecule has 6 heteroatoms. The standard InChI is InChI=1S/C12H13N3O3/c1-3-8-11(14-6-5-13-8)10-7-9(15-18-10)12(16)17-4-2/h5-7H,3-4H2,1-2H3. The fourth-order valence-corrected chi connectivity index (χ4v) is 1.52. The molecule has 0 saturated heterocycles. The van der Waals surface area contributed by atoms with Gasteiger partial charge in [-0.15, -0.1) is 0 Å². The molecule has 2 heterocycles. The van der Waals surface area contributed by atoms with E-state index in [1.807, 2.05) is 6.92 Å². The summed E-state index contributed by atoms with van der Waals surface area (Å²) >= 11 is 0. The van der Waals surface area contributed by atoms with Gasteiger partial charge in [0.2, 0.25) is 0 Å². The van der Waals surface area contributed by atoms with Crippen molar-refractivity contribution in [2.75, 3.05) is 6.61 Å². The van der Waals surface area contributed by atoms with E-state index in [-0.39, 0.29) is 5.69 Å². The summed E-state index contributed by atoms with van der Waals surface area (Å²) in [6.07, 6.45) is 3.91. The molecule has 0 saturated carbocycles. The van der Waals surface area contributed by atoms with Crippen LogP contribution in [0.15, 0.2) is 23.0 Å². The lowest BCUT2D eigenvalue weighted by Gasteiger charge is -1.99. The van der Waals surface area contributed by atoms with E-state index in [1.54, 1.807) is 19.3 Å². The van der Waals surface area contributed by atoms with Crippen molar-refractivity contribution in [2.45, 2.75) is 20.3 Å². The second kappa shape index (κ2) is 5.39. The lowest BCUT2D eigenvalue weighted by molar-refractivity contribution is 0.0514. The van der Waals surface area contributed by atoms with Crippen molar-refractivity contribution in [1.82, 2.24) is 15.1 Å². The number of carbonyl (C=O) groups excluding carboxylic acids is 1. The largest absolute Gasteiger partial charge is 0.461 e. The molecule has 0 radical (unpaired) electrons. The van der Waals surface area contributed by atoms with Gasteiger partial charge in [-0.25, -0.2) is 9.78 Å². The second-order valence-corrected chi connectivity index (χ2v) is 3.50. The van der Waals surface area contributed by atoms with Crippen LogP contribution in [0, 0.1) is 0 Å². The van der Waals surface area contributed by atoms with Crippen LogP contribution in [0.1, 0.15) is 30.0 Å². The van der Waals surface area contributed by atoms with E-state index < -0.39 is 5.97 Å². The predicted octanol–water partition coefficient (Wildman–Crippen LogP) is 1.87. The van der Waals surface area contributed by atoms with Gasteiger partial charge in [-0.2, -0.15) is 0 Å². The average molecular weight is 247 g/mol. The number of nitrogens with zero attached hydrogens (tertiary/aromatic N) is 3. The summed E-state index contributed by atoms with van der Waals surface area (Å²) in [6, 6.07) is 1.52. The van der Waals surface area contributed by atoms with Crippen LogP contribution in [0.2, 0.25) is 0 Å². The maximum atomic E-state index is 11.5. The zero-order valence-corrected chi connectivity index (χ0v) is 10.2. The molecule has 0 spiro atoms. The first-order valence-electron chi connectivity index (χ1n) is 5.70. The van der Waals surface area contributed by atoms with Crippen molar-refractivity contribution in [3.8, 4) is 11.5 Å². The highest BCUT2D eigenvalue weighted by molar-refractivity contribution is 5.88. The van der Waals surface area contributed by atoms with Crippen LogP contribution < -0.4 is 0 Å². The molecule has 0 aliphatic heterocycles. The van der Waals surface area contributed by atoms with Gasteiger partial charge in [-0.05, 0) is 13.3 Å². The van der Waals surface area contributed by atoms with E-state index in [9.17, 15) is 4.79 Å². The minimum Gasteiger partial charge on any atom is -0.461 e. The highest BCUT2D eigenvalue weighted by Crippen LogP contribution is 2.21. The molecule has 2 aromatic rings. The van der Waals surface area contributed by atoms with Crippen molar-refractivity contribution < 1.29 is 14.1 Å². The van der Waals surface area contributed by atoms with E-state index in [1.165, 1.54) is 6.07 Å². The number of esters is 1. The highest BCUT2D eigenvalue weighted by atomic mass is 16.5. The van der Waals surface area contributed by atoms with Crippen LogP contribution in [-0.4, -0.2) is 27.7 Å². The minimum atomic E-state index is -0.505. The Morgan fingerprint density at radius 2 is 2.11 bits per heavy atom. The topological polar surface area (TPSA) is 78.1 Å². The molecule has 0 atom stereocenters. The normalized spacial score (nSPS) is 10.3. The molecule has 6 nitrogen and oxygen atoms in total. The quantitative estimate of drug-likeness (QED) is 0.767. The molecule has 18 heavy (non-hydrogen) atoms. The average Bonchev–Trinajstić information content (AvgIpc) is 2.88. The molecule has 0 amide bonds. The summed E-state index contributed by atoms with van der Waals surface area (Å²) in [4.78, 5) is 19.9. The smallest absolute Gasteiger partial charge is 0.360 e. The third-order valence-corrected chi connectivity index (χ3v) is 2.34. The molecular formula is C12H13N3O3. The molecule has 2 aromatic heterocycles. The van der Waals surface area contributed by atoms with Crippen LogP contribution in [-0.2, 0) is 11.2 Å². The predicted molar refractivity (Wildman–Crippen MR) is 62.9 cm³/mol. The molecular weight excluding hydrogens is 234 g/mol. The van der Waals surface area contributed by atoms with Crippen molar-refractivity contribution in [2.24, 2.45) is 0 Å². The molecule has 0 aliphatic rings. The van der Waals surface area contributed by atoms with E-state index in [4.69, 9.17) is 9.26 Å². The van der Waals surface area contributed by atoms with Crippen LogP contribution in [0.3, 0.4) is 0 Å². The molecule has 0 unspecified atom stereocenters. The van der Waals surface area contributed by atoms with E-state index in [0.29, 0.717) is 18.1 Å². The van der Waals surface area contributed by atoms with Gasteiger partial charge < -0.3 is 9.26 Å². The molecule has 94 valence electrons. The Kier molecular flexibility index (Phi) is 3.66. The van der Waals surface area contributed by atoms with Gasteiger partial charge in [-0.1, -0.05) is 12.1 Å². The summed E-state index contributed by atoms with van der Waals surface area (Å²) in [5.41, 5.74) is 1.53. The van der Waals surface area contributed by atoms with Gasteiger partial charge >= 0.3 is 5.97 Å². The van der Waals surface area contributed by atoms with Crippen LogP contribution >= 0.6 is 0 Å². The Morgan fingerprint density at radius 1 is 1.33 bits per heavy atom. The number of aryl methyl sites for hydroxylation is 1. The summed E-state index contributed by atoms with van der Waals surface area (Å²) in [6.45, 7) is 4.00. The number of hydrogen-bond donors (Lipinski definition) is 0.